The van der Waals surface area contributed by atoms with Gasteiger partial charge in [0.1, 0.15) is 24.0 Å². The van der Waals surface area contributed by atoms with Gasteiger partial charge in [0.2, 0.25) is 0 Å². The quantitative estimate of drug-likeness (QED) is 0.101. The van der Waals surface area contributed by atoms with Crippen LogP contribution in [0, 0.1) is 0 Å². The second-order valence-electron chi connectivity index (χ2n) is 7.72. The Balaban J connectivity index is 1.93. The van der Waals surface area contributed by atoms with Gasteiger partial charge in [-0.3, -0.25) is 33.2 Å². The zero-order valence-corrected chi connectivity index (χ0v) is 19.2. The summed E-state index contributed by atoms with van der Waals surface area (Å²) in [4.78, 5) is 60.6. The molecule has 0 aromatic carbocycles. The fourth-order valence-electron chi connectivity index (χ4n) is 3.31. The predicted molar refractivity (Wildman–Crippen MR) is 119 cm³/mol. The molecule has 0 radical (unpaired) electrons. The Morgan fingerprint density at radius 1 is 1.08 bits per heavy atom. The number of rotatable bonds is 10. The number of aromatic amines is 2. The molecule has 1 aromatic rings. The van der Waals surface area contributed by atoms with E-state index in [1.54, 1.807) is 0 Å². The van der Waals surface area contributed by atoms with Crippen LogP contribution in [-0.2, 0) is 18.4 Å². The molecule has 6 atom stereocenters. The second kappa shape index (κ2) is 10.4. The van der Waals surface area contributed by atoms with Gasteiger partial charge in [-0.2, -0.15) is 0 Å². The number of carboxylic acids is 1. The molecule has 0 saturated heterocycles. The highest BCUT2D eigenvalue weighted by Crippen LogP contribution is 2.44. The first kappa shape index (κ1) is 27.4. The number of aliphatic carboxylic acids is 1. The first-order valence-electron chi connectivity index (χ1n) is 10.1. The average molecular weight is 531 g/mol. The number of phosphoric acid groups is 1. The van der Waals surface area contributed by atoms with E-state index in [1.807, 2.05) is 4.98 Å². The number of nitrogens with zero attached hydrogens (tertiary/aromatic N) is 1. The lowest BCUT2D eigenvalue weighted by Gasteiger charge is -2.30. The van der Waals surface area contributed by atoms with Crippen LogP contribution in [0.15, 0.2) is 38.6 Å². The van der Waals surface area contributed by atoms with Gasteiger partial charge in [0.25, 0.3) is 5.56 Å². The zero-order valence-electron chi connectivity index (χ0n) is 18.3. The number of phosphoric ester groups is 1. The number of carbonyl (C=O) groups is 1. The van der Waals surface area contributed by atoms with Crippen molar-refractivity contribution in [1.82, 2.24) is 14.5 Å². The summed E-state index contributed by atoms with van der Waals surface area (Å²) in [6.07, 6.45) is -10.6. The minimum atomic E-state index is -5.00. The number of hydrogen-bond acceptors (Lipinski definition) is 11. The molecule has 0 spiro atoms. The van der Waals surface area contributed by atoms with Gasteiger partial charge in [0, 0.05) is 6.07 Å². The van der Waals surface area contributed by atoms with E-state index >= 15 is 0 Å². The Bertz CT molecular complexity index is 1460. The lowest BCUT2D eigenvalue weighted by Crippen LogP contribution is -2.45. The van der Waals surface area contributed by atoms with E-state index < -0.39 is 67.7 Å². The van der Waals surface area contributed by atoms with Gasteiger partial charge < -0.3 is 30.4 Å². The van der Waals surface area contributed by atoms with Crippen LogP contribution in [0.5, 0.6) is 0 Å². The number of aromatic nitrogens is 3. The van der Waals surface area contributed by atoms with Crippen LogP contribution in [0.1, 0.15) is 13.2 Å². The van der Waals surface area contributed by atoms with Crippen molar-refractivity contribution in [2.45, 2.75) is 37.6 Å². The summed E-state index contributed by atoms with van der Waals surface area (Å²) in [6, 6.07) is 4.81. The normalized spacial score (nSPS) is 17.8. The first-order chi connectivity index (χ1) is 16.7. The Labute approximate surface area is 199 Å². The number of fused-ring (bicyclic) bond motifs is 2. The molecule has 1 aliphatic carbocycles. The topological polar surface area (TPSA) is 262 Å². The number of aliphatic hydroxyl groups is 4. The van der Waals surface area contributed by atoms with Crippen LogP contribution in [0.2, 0.25) is 0 Å². The van der Waals surface area contributed by atoms with Crippen molar-refractivity contribution in [1.29, 1.82) is 0 Å². The van der Waals surface area contributed by atoms with Crippen LogP contribution in [-0.4, -0.2) is 82.0 Å². The molecule has 1 unspecified atom stereocenters. The van der Waals surface area contributed by atoms with Gasteiger partial charge >= 0.3 is 19.5 Å². The van der Waals surface area contributed by atoms with E-state index in [1.165, 1.54) is 12.1 Å². The van der Waals surface area contributed by atoms with Crippen LogP contribution in [0.4, 0.5) is 0 Å². The van der Waals surface area contributed by atoms with Crippen molar-refractivity contribution in [2.24, 2.45) is 0 Å². The Morgan fingerprint density at radius 2 is 1.75 bits per heavy atom. The van der Waals surface area contributed by atoms with Crippen LogP contribution >= 0.6 is 7.82 Å². The second-order valence-corrected chi connectivity index (χ2v) is 9.12. The van der Waals surface area contributed by atoms with Gasteiger partial charge in [-0.15, -0.1) is 0 Å². The van der Waals surface area contributed by atoms with Gasteiger partial charge in [0.15, 0.2) is 17.8 Å². The third-order valence-corrected chi connectivity index (χ3v) is 6.18. The van der Waals surface area contributed by atoms with E-state index in [4.69, 9.17) is 5.11 Å². The molecule has 0 saturated carbocycles. The fraction of sp³-hybridized carbons (Fsp3) is 0.368. The molecule has 2 heterocycles. The Kier molecular flexibility index (Phi) is 7.92. The summed E-state index contributed by atoms with van der Waals surface area (Å²) >= 11 is 0. The maximum absolute atomic E-state index is 12.3. The summed E-state index contributed by atoms with van der Waals surface area (Å²) in [7, 11) is -5.00. The third-order valence-electron chi connectivity index (χ3n) is 5.12. The zero-order chi connectivity index (χ0) is 26.9. The van der Waals surface area contributed by atoms with Crippen molar-refractivity contribution in [3.05, 3.63) is 55.3 Å². The number of aliphatic hydroxyl groups excluding tert-OH is 4. The molecule has 2 aliphatic rings. The van der Waals surface area contributed by atoms with E-state index in [-0.39, 0.29) is 22.3 Å². The van der Waals surface area contributed by atoms with Gasteiger partial charge in [0.05, 0.1) is 17.7 Å². The van der Waals surface area contributed by atoms with E-state index in [0.717, 1.165) is 23.6 Å². The molecule has 36 heavy (non-hydrogen) atoms. The molecule has 0 bridgehead atoms. The minimum absolute atomic E-state index is 0.0587. The molecule has 196 valence electrons. The molecule has 17 heteroatoms. The highest BCUT2D eigenvalue weighted by Gasteiger charge is 2.36. The number of carboxylic acid groups (broad SMARTS) is 1. The molecule has 1 aromatic heterocycles. The number of pyridine rings is 1. The molecule has 1 aliphatic heterocycles. The van der Waals surface area contributed by atoms with E-state index in [9.17, 15) is 49.1 Å². The molecular formula is C19H22N3O13P. The van der Waals surface area contributed by atoms with Crippen molar-refractivity contribution >= 4 is 24.8 Å². The van der Waals surface area contributed by atoms with Crippen molar-refractivity contribution < 1.29 is 48.8 Å². The van der Waals surface area contributed by atoms with Crippen molar-refractivity contribution in [2.75, 3.05) is 6.61 Å². The first-order valence-corrected chi connectivity index (χ1v) is 11.6. The minimum Gasteiger partial charge on any atom is -0.479 e. The predicted octanol–water partition coefficient (Wildman–Crippen LogP) is -2.34. The molecule has 0 amide bonds. The fourth-order valence-corrected chi connectivity index (χ4v) is 4.21. The lowest BCUT2D eigenvalue weighted by atomic mass is 10.0. The molecular weight excluding hydrogens is 509 g/mol. The van der Waals surface area contributed by atoms with Gasteiger partial charge in [-0.05, 0) is 30.7 Å². The molecule has 0 fully saturated rings. The summed E-state index contributed by atoms with van der Waals surface area (Å²) in [5.41, 5.74) is -2.54. The van der Waals surface area contributed by atoms with Crippen molar-refractivity contribution in [3.63, 3.8) is 0 Å². The molecule has 8 N–H and O–H groups in total. The van der Waals surface area contributed by atoms with Gasteiger partial charge in [-0.1, -0.05) is 0 Å². The summed E-state index contributed by atoms with van der Waals surface area (Å²) < 4.78 is 21.4. The summed E-state index contributed by atoms with van der Waals surface area (Å²) in [6.45, 7) is -0.207. The maximum atomic E-state index is 12.3. The SMILES string of the molecule is C[C@H](OP(=O)(O)OC[C@H](O)[C@H](O)[C@H](O)[C@H](O)n1c2cc(=O)ccc-2cc2c(=O)[nH]c(=O)[nH]c21)C(=O)O. The van der Waals surface area contributed by atoms with E-state index in [0.29, 0.717) is 0 Å². The highest BCUT2D eigenvalue weighted by atomic mass is 31.2. The maximum Gasteiger partial charge on any atom is 0.473 e. The smallest absolute Gasteiger partial charge is 0.473 e. The Morgan fingerprint density at radius 3 is 2.39 bits per heavy atom. The van der Waals surface area contributed by atoms with E-state index in [2.05, 4.69) is 14.0 Å². The monoisotopic (exact) mass is 531 g/mol. The van der Waals surface area contributed by atoms with Crippen LogP contribution in [0.25, 0.3) is 22.3 Å². The molecule has 16 nitrogen and oxygen atoms in total. The van der Waals surface area contributed by atoms with Gasteiger partial charge in [-0.25, -0.2) is 14.2 Å². The number of benzene rings is 1. The highest BCUT2D eigenvalue weighted by molar-refractivity contribution is 7.47. The summed E-state index contributed by atoms with van der Waals surface area (Å²) in [5.74, 6) is -1.58. The lowest BCUT2D eigenvalue weighted by molar-refractivity contribution is -0.146. The number of hydrogen-bond donors (Lipinski definition) is 8. The van der Waals surface area contributed by atoms with Crippen molar-refractivity contribution in [3.8, 4) is 11.3 Å². The number of nitrogens with one attached hydrogen (secondary N) is 2. The largest absolute Gasteiger partial charge is 0.479 e. The average Bonchev–Trinajstić information content (AvgIpc) is 2.79. The number of H-pyrrole nitrogens is 2. The third kappa shape index (κ3) is 5.77. The Hall–Kier alpha value is -3.21. The summed E-state index contributed by atoms with van der Waals surface area (Å²) in [5, 5.41) is 50.4. The van der Waals surface area contributed by atoms with Crippen LogP contribution < -0.4 is 16.7 Å². The molecule has 3 rings (SSSR count). The van der Waals surface area contributed by atoms with Crippen LogP contribution in [0.3, 0.4) is 0 Å². The standard InChI is InChI=1S/C19H22N3O13P/c1-7(18(29)30)35-36(32,33)34-6-12(24)13(25)14(26)17(28)22-11-5-9(23)3-2-8(11)4-10-15(22)20-19(31)21-16(10)27/h2-5,7,12-14,17,24-26,28H,6H2,1H3,(H,29,30)(H,32,33)(H2,20,21,27,31)/t7-,12-,13-,14-,17-/m0/s1.